The minimum atomic E-state index is -0.336. The summed E-state index contributed by atoms with van der Waals surface area (Å²) < 4.78 is 10.8. The first kappa shape index (κ1) is 23.9. The van der Waals surface area contributed by atoms with Crippen LogP contribution in [0, 0.1) is 0 Å². The molecule has 0 aliphatic carbocycles. The molecule has 2 aromatic rings. The van der Waals surface area contributed by atoms with Crippen molar-refractivity contribution in [1.82, 2.24) is 14.8 Å². The number of hydrogen-bond donors (Lipinski definition) is 1. The lowest BCUT2D eigenvalue weighted by Crippen LogP contribution is -2.51. The Labute approximate surface area is 195 Å². The van der Waals surface area contributed by atoms with Crippen molar-refractivity contribution in [3.8, 4) is 5.75 Å². The zero-order valence-corrected chi connectivity index (χ0v) is 19.7. The van der Waals surface area contributed by atoms with Crippen LogP contribution in [-0.4, -0.2) is 78.3 Å². The lowest BCUT2D eigenvalue weighted by molar-refractivity contribution is -0.132. The second kappa shape index (κ2) is 11.7. The number of nitrogens with zero attached hydrogens (tertiary/aromatic N) is 3. The van der Waals surface area contributed by atoms with Crippen LogP contribution in [-0.2, 0) is 20.7 Å². The molecule has 1 aromatic heterocycles. The van der Waals surface area contributed by atoms with Crippen molar-refractivity contribution in [2.75, 3.05) is 51.0 Å². The van der Waals surface area contributed by atoms with Gasteiger partial charge in [0.2, 0.25) is 11.8 Å². The number of aromatic nitrogens is 1. The fraction of sp³-hybridized carbons (Fsp3) is 0.429. The Morgan fingerprint density at radius 1 is 1.12 bits per heavy atom. The minimum absolute atomic E-state index is 0.0207. The van der Waals surface area contributed by atoms with E-state index < -0.39 is 0 Å². The summed E-state index contributed by atoms with van der Waals surface area (Å²) in [5, 5.41) is 4.67. The first-order valence-electron chi connectivity index (χ1n) is 10.2. The molecule has 3 rings (SSSR count). The number of rotatable bonds is 8. The molecule has 0 unspecified atom stereocenters. The van der Waals surface area contributed by atoms with E-state index in [9.17, 15) is 14.4 Å². The SMILES string of the molecule is CCOC(=O)N1CCN(C(=O)Cc2csc(SCC(=O)Nc3ccc(OC)cc3)n2)CC1. The third-order valence-electron chi connectivity index (χ3n) is 4.72. The highest BCUT2D eigenvalue weighted by molar-refractivity contribution is 8.01. The average molecular weight is 479 g/mol. The van der Waals surface area contributed by atoms with Gasteiger partial charge in [0, 0.05) is 37.2 Å². The lowest BCUT2D eigenvalue weighted by atomic mass is 10.2. The second-order valence-corrected chi connectivity index (χ2v) is 8.99. The van der Waals surface area contributed by atoms with Crippen molar-refractivity contribution < 1.29 is 23.9 Å². The number of benzene rings is 1. The molecule has 1 aliphatic heterocycles. The highest BCUT2D eigenvalue weighted by Crippen LogP contribution is 2.24. The molecule has 32 heavy (non-hydrogen) atoms. The molecule has 1 aliphatic rings. The summed E-state index contributed by atoms with van der Waals surface area (Å²) in [6, 6.07) is 7.12. The monoisotopic (exact) mass is 478 g/mol. The molecule has 1 aromatic carbocycles. The topological polar surface area (TPSA) is 101 Å². The maximum Gasteiger partial charge on any atom is 0.409 e. The molecular formula is C21H26N4O5S2. The minimum Gasteiger partial charge on any atom is -0.497 e. The Morgan fingerprint density at radius 2 is 1.81 bits per heavy atom. The van der Waals surface area contributed by atoms with Crippen LogP contribution < -0.4 is 10.1 Å². The number of ether oxygens (including phenoxy) is 2. The Morgan fingerprint density at radius 3 is 2.47 bits per heavy atom. The van der Waals surface area contributed by atoms with Gasteiger partial charge in [0.25, 0.3) is 0 Å². The fourth-order valence-electron chi connectivity index (χ4n) is 3.05. The first-order chi connectivity index (χ1) is 15.5. The van der Waals surface area contributed by atoms with E-state index >= 15 is 0 Å². The van der Waals surface area contributed by atoms with E-state index in [2.05, 4.69) is 10.3 Å². The fourth-order valence-corrected chi connectivity index (χ4v) is 4.70. The highest BCUT2D eigenvalue weighted by Gasteiger charge is 2.25. The van der Waals surface area contributed by atoms with Gasteiger partial charge in [-0.1, -0.05) is 11.8 Å². The van der Waals surface area contributed by atoms with Crippen molar-refractivity contribution >= 4 is 46.7 Å². The molecule has 0 atom stereocenters. The van der Waals surface area contributed by atoms with Gasteiger partial charge in [-0.25, -0.2) is 9.78 Å². The maximum atomic E-state index is 12.6. The van der Waals surface area contributed by atoms with Gasteiger partial charge >= 0.3 is 6.09 Å². The van der Waals surface area contributed by atoms with E-state index in [1.807, 2.05) is 5.38 Å². The van der Waals surface area contributed by atoms with E-state index in [1.54, 1.807) is 48.1 Å². The molecule has 9 nitrogen and oxygen atoms in total. The number of nitrogens with one attached hydrogen (secondary N) is 1. The van der Waals surface area contributed by atoms with Gasteiger partial charge in [-0.3, -0.25) is 9.59 Å². The van der Waals surface area contributed by atoms with Crippen LogP contribution in [0.1, 0.15) is 12.6 Å². The molecule has 0 radical (unpaired) electrons. The number of anilines is 1. The standard InChI is InChI=1S/C21H26N4O5S2/c1-3-30-21(28)25-10-8-24(9-11-25)19(27)12-16-13-31-20(23-16)32-14-18(26)22-15-4-6-17(29-2)7-5-15/h4-7,13H,3,8-12,14H2,1-2H3,(H,22,26). The molecule has 3 amide bonds. The number of amides is 3. The Hall–Kier alpha value is -2.79. The molecule has 1 N–H and O–H groups in total. The molecular weight excluding hydrogens is 452 g/mol. The van der Waals surface area contributed by atoms with Crippen LogP contribution in [0.2, 0.25) is 0 Å². The number of thioether (sulfide) groups is 1. The van der Waals surface area contributed by atoms with E-state index in [0.717, 1.165) is 10.1 Å². The van der Waals surface area contributed by atoms with Gasteiger partial charge in [0.1, 0.15) is 5.75 Å². The quantitative estimate of drug-likeness (QED) is 0.582. The zero-order chi connectivity index (χ0) is 22.9. The summed E-state index contributed by atoms with van der Waals surface area (Å²) in [7, 11) is 1.59. The van der Waals surface area contributed by atoms with Gasteiger partial charge in [-0.2, -0.15) is 0 Å². The summed E-state index contributed by atoms with van der Waals surface area (Å²) in [5.74, 6) is 0.797. The molecule has 1 fully saturated rings. The number of methoxy groups -OCH3 is 1. The van der Waals surface area contributed by atoms with Gasteiger partial charge in [0.05, 0.1) is 31.6 Å². The molecule has 0 saturated carbocycles. The van der Waals surface area contributed by atoms with E-state index in [-0.39, 0.29) is 30.1 Å². The van der Waals surface area contributed by atoms with Gasteiger partial charge < -0.3 is 24.6 Å². The Kier molecular flexibility index (Phi) is 8.74. The predicted octanol–water partition coefficient (Wildman–Crippen LogP) is 2.73. The lowest BCUT2D eigenvalue weighted by Gasteiger charge is -2.34. The van der Waals surface area contributed by atoms with Crippen molar-refractivity contribution in [2.45, 2.75) is 17.7 Å². The maximum absolute atomic E-state index is 12.6. The number of carbonyl (C=O) groups is 3. The molecule has 172 valence electrons. The van der Waals surface area contributed by atoms with Crippen molar-refractivity contribution in [3.63, 3.8) is 0 Å². The van der Waals surface area contributed by atoms with Crippen molar-refractivity contribution in [1.29, 1.82) is 0 Å². The van der Waals surface area contributed by atoms with E-state index in [4.69, 9.17) is 9.47 Å². The smallest absolute Gasteiger partial charge is 0.409 e. The third-order valence-corrected chi connectivity index (χ3v) is 6.79. The van der Waals surface area contributed by atoms with Crippen LogP contribution >= 0.6 is 23.1 Å². The number of thiazole rings is 1. The number of carbonyl (C=O) groups excluding carboxylic acids is 3. The Bertz CT molecular complexity index is 927. The van der Waals surface area contributed by atoms with Crippen LogP contribution in [0.5, 0.6) is 5.75 Å². The Balaban J connectivity index is 1.41. The van der Waals surface area contributed by atoms with Crippen LogP contribution in [0.15, 0.2) is 34.0 Å². The van der Waals surface area contributed by atoms with E-state index in [1.165, 1.54) is 23.1 Å². The largest absolute Gasteiger partial charge is 0.497 e. The van der Waals surface area contributed by atoms with Crippen molar-refractivity contribution in [2.24, 2.45) is 0 Å². The summed E-state index contributed by atoms with van der Waals surface area (Å²) in [5.41, 5.74) is 1.38. The number of hydrogen-bond acceptors (Lipinski definition) is 8. The third kappa shape index (κ3) is 6.86. The second-order valence-electron chi connectivity index (χ2n) is 6.91. The summed E-state index contributed by atoms with van der Waals surface area (Å²) in [6.07, 6.45) is -0.133. The summed E-state index contributed by atoms with van der Waals surface area (Å²) in [6.45, 7) is 4.00. The van der Waals surface area contributed by atoms with Gasteiger partial charge in [0.15, 0.2) is 4.34 Å². The van der Waals surface area contributed by atoms with Crippen LogP contribution in [0.25, 0.3) is 0 Å². The predicted molar refractivity (Wildman–Crippen MR) is 123 cm³/mol. The molecule has 1 saturated heterocycles. The average Bonchev–Trinajstić information content (AvgIpc) is 3.25. The van der Waals surface area contributed by atoms with Gasteiger partial charge in [-0.05, 0) is 31.2 Å². The normalized spacial score (nSPS) is 13.6. The van der Waals surface area contributed by atoms with Crippen LogP contribution in [0.3, 0.4) is 0 Å². The van der Waals surface area contributed by atoms with E-state index in [0.29, 0.717) is 44.2 Å². The first-order valence-corrected chi connectivity index (χ1v) is 12.1. The molecule has 11 heteroatoms. The summed E-state index contributed by atoms with van der Waals surface area (Å²) in [4.78, 5) is 44.3. The highest BCUT2D eigenvalue weighted by atomic mass is 32.2. The number of piperazine rings is 1. The molecule has 2 heterocycles. The van der Waals surface area contributed by atoms with Crippen molar-refractivity contribution in [3.05, 3.63) is 35.3 Å². The molecule has 0 bridgehead atoms. The molecule has 0 spiro atoms. The summed E-state index contributed by atoms with van der Waals surface area (Å²) >= 11 is 2.75. The zero-order valence-electron chi connectivity index (χ0n) is 18.0. The van der Waals surface area contributed by atoms with Gasteiger partial charge in [-0.15, -0.1) is 11.3 Å². The van der Waals surface area contributed by atoms with Crippen LogP contribution in [0.4, 0.5) is 10.5 Å².